The van der Waals surface area contributed by atoms with Crippen molar-refractivity contribution in [3.63, 3.8) is 0 Å². The van der Waals surface area contributed by atoms with E-state index in [-0.39, 0.29) is 6.04 Å². The van der Waals surface area contributed by atoms with Gasteiger partial charge in [0, 0.05) is 13.1 Å². The SMILES string of the molecule is CCNC(C#N)CCN1CCC(C)(C)C1. The van der Waals surface area contributed by atoms with Gasteiger partial charge in [0.1, 0.15) is 0 Å². The van der Waals surface area contributed by atoms with E-state index in [1.165, 1.54) is 19.5 Å². The molecule has 1 N–H and O–H groups in total. The lowest BCUT2D eigenvalue weighted by molar-refractivity contribution is 0.281. The van der Waals surface area contributed by atoms with Gasteiger partial charge in [0.2, 0.25) is 0 Å². The molecule has 86 valence electrons. The number of hydrogen-bond donors (Lipinski definition) is 1. The van der Waals surface area contributed by atoms with Gasteiger partial charge in [-0.3, -0.25) is 0 Å². The molecule has 3 nitrogen and oxygen atoms in total. The van der Waals surface area contributed by atoms with Gasteiger partial charge >= 0.3 is 0 Å². The molecule has 1 aliphatic rings. The van der Waals surface area contributed by atoms with Crippen molar-refractivity contribution in [3.8, 4) is 6.07 Å². The lowest BCUT2D eigenvalue weighted by atomic mass is 9.93. The zero-order valence-corrected chi connectivity index (χ0v) is 10.2. The van der Waals surface area contributed by atoms with Gasteiger partial charge in [-0.2, -0.15) is 5.26 Å². The van der Waals surface area contributed by atoms with Gasteiger partial charge in [0.25, 0.3) is 0 Å². The van der Waals surface area contributed by atoms with E-state index >= 15 is 0 Å². The molecule has 0 aromatic carbocycles. The van der Waals surface area contributed by atoms with Gasteiger partial charge in [-0.05, 0) is 31.3 Å². The molecular weight excluding hydrogens is 186 g/mol. The van der Waals surface area contributed by atoms with Gasteiger partial charge in [0.05, 0.1) is 12.1 Å². The highest BCUT2D eigenvalue weighted by Gasteiger charge is 2.28. The van der Waals surface area contributed by atoms with Crippen LogP contribution in [0.4, 0.5) is 0 Å². The Bertz CT molecular complexity index is 230. The Morgan fingerprint density at radius 2 is 2.27 bits per heavy atom. The van der Waals surface area contributed by atoms with E-state index < -0.39 is 0 Å². The Kier molecular flexibility index (Phi) is 4.56. The molecular formula is C12H23N3. The normalized spacial score (nSPS) is 22.5. The highest BCUT2D eigenvalue weighted by molar-refractivity contribution is 4.91. The summed E-state index contributed by atoms with van der Waals surface area (Å²) in [4.78, 5) is 2.47. The summed E-state index contributed by atoms with van der Waals surface area (Å²) in [6.45, 7) is 11.0. The maximum absolute atomic E-state index is 8.90. The van der Waals surface area contributed by atoms with Crippen LogP contribution in [0.1, 0.15) is 33.6 Å². The van der Waals surface area contributed by atoms with Gasteiger partial charge in [-0.25, -0.2) is 0 Å². The van der Waals surface area contributed by atoms with Gasteiger partial charge in [-0.15, -0.1) is 0 Å². The van der Waals surface area contributed by atoms with Crippen molar-refractivity contribution < 1.29 is 0 Å². The lowest BCUT2D eigenvalue weighted by Crippen LogP contribution is -2.33. The Labute approximate surface area is 93.5 Å². The van der Waals surface area contributed by atoms with Crippen molar-refractivity contribution in [3.05, 3.63) is 0 Å². The summed E-state index contributed by atoms with van der Waals surface area (Å²) in [5, 5.41) is 12.1. The minimum atomic E-state index is 0.0266. The van der Waals surface area contributed by atoms with Crippen LogP contribution < -0.4 is 5.32 Å². The first-order valence-electron chi connectivity index (χ1n) is 5.93. The van der Waals surface area contributed by atoms with Crippen molar-refractivity contribution in [2.24, 2.45) is 5.41 Å². The number of nitriles is 1. The van der Waals surface area contributed by atoms with Gasteiger partial charge < -0.3 is 10.2 Å². The largest absolute Gasteiger partial charge is 0.303 e. The van der Waals surface area contributed by atoms with Crippen LogP contribution in [0.15, 0.2) is 0 Å². The van der Waals surface area contributed by atoms with E-state index in [1.54, 1.807) is 0 Å². The molecule has 1 aliphatic heterocycles. The predicted octanol–water partition coefficient (Wildman–Crippen LogP) is 1.61. The van der Waals surface area contributed by atoms with Crippen LogP contribution in [0.2, 0.25) is 0 Å². The fraction of sp³-hybridized carbons (Fsp3) is 0.917. The summed E-state index contributed by atoms with van der Waals surface area (Å²) in [6.07, 6.45) is 2.23. The second-order valence-electron chi connectivity index (χ2n) is 5.22. The number of likely N-dealkylation sites (tertiary alicyclic amines) is 1. The maximum atomic E-state index is 8.90. The quantitative estimate of drug-likeness (QED) is 0.747. The smallest absolute Gasteiger partial charge is 0.0965 e. The van der Waals surface area contributed by atoms with E-state index in [9.17, 15) is 0 Å². The minimum absolute atomic E-state index is 0.0266. The first-order chi connectivity index (χ1) is 7.07. The fourth-order valence-electron chi connectivity index (χ4n) is 2.19. The molecule has 1 unspecified atom stereocenters. The average molecular weight is 209 g/mol. The molecule has 1 saturated heterocycles. The topological polar surface area (TPSA) is 39.1 Å². The second-order valence-corrected chi connectivity index (χ2v) is 5.22. The zero-order valence-electron chi connectivity index (χ0n) is 10.2. The zero-order chi connectivity index (χ0) is 11.3. The van der Waals surface area contributed by atoms with Crippen LogP contribution in [0.5, 0.6) is 0 Å². The Hall–Kier alpha value is -0.590. The lowest BCUT2D eigenvalue weighted by Gasteiger charge is -2.20. The number of hydrogen-bond acceptors (Lipinski definition) is 3. The standard InChI is InChI=1S/C12H23N3/c1-4-14-11(9-13)5-7-15-8-6-12(2,3)10-15/h11,14H,4-8,10H2,1-3H3. The number of nitrogens with zero attached hydrogens (tertiary/aromatic N) is 2. The van der Waals surface area contributed by atoms with Crippen LogP contribution in [0.3, 0.4) is 0 Å². The summed E-state index contributed by atoms with van der Waals surface area (Å²) in [6, 6.07) is 2.34. The summed E-state index contributed by atoms with van der Waals surface area (Å²) in [5.74, 6) is 0. The molecule has 0 aromatic rings. The summed E-state index contributed by atoms with van der Waals surface area (Å²) in [7, 11) is 0. The molecule has 1 fully saturated rings. The molecule has 0 radical (unpaired) electrons. The Morgan fingerprint density at radius 1 is 1.53 bits per heavy atom. The van der Waals surface area contributed by atoms with Crippen molar-refractivity contribution in [1.82, 2.24) is 10.2 Å². The maximum Gasteiger partial charge on any atom is 0.0965 e. The molecule has 1 atom stereocenters. The fourth-order valence-corrected chi connectivity index (χ4v) is 2.19. The van der Waals surface area contributed by atoms with E-state index in [0.717, 1.165) is 19.5 Å². The van der Waals surface area contributed by atoms with Crippen molar-refractivity contribution in [2.45, 2.75) is 39.7 Å². The molecule has 0 saturated carbocycles. The molecule has 0 aliphatic carbocycles. The molecule has 1 rings (SSSR count). The summed E-state index contributed by atoms with van der Waals surface area (Å²) >= 11 is 0. The Balaban J connectivity index is 2.23. The van der Waals surface area contributed by atoms with E-state index in [1.807, 2.05) is 6.92 Å². The van der Waals surface area contributed by atoms with Crippen molar-refractivity contribution in [1.29, 1.82) is 5.26 Å². The highest BCUT2D eigenvalue weighted by Crippen LogP contribution is 2.28. The molecule has 15 heavy (non-hydrogen) atoms. The van der Waals surface area contributed by atoms with Crippen molar-refractivity contribution >= 4 is 0 Å². The molecule has 0 bridgehead atoms. The predicted molar refractivity (Wildman–Crippen MR) is 62.5 cm³/mol. The molecule has 0 aromatic heterocycles. The van der Waals surface area contributed by atoms with Crippen LogP contribution in [0.25, 0.3) is 0 Å². The molecule has 1 heterocycles. The monoisotopic (exact) mass is 209 g/mol. The molecule has 0 amide bonds. The van der Waals surface area contributed by atoms with E-state index in [4.69, 9.17) is 5.26 Å². The van der Waals surface area contributed by atoms with Gasteiger partial charge in [0.15, 0.2) is 0 Å². The van der Waals surface area contributed by atoms with Crippen LogP contribution in [-0.2, 0) is 0 Å². The third-order valence-electron chi connectivity index (χ3n) is 3.10. The summed E-state index contributed by atoms with van der Waals surface area (Å²) < 4.78 is 0. The first kappa shape index (κ1) is 12.5. The minimum Gasteiger partial charge on any atom is -0.303 e. The number of rotatable bonds is 5. The highest BCUT2D eigenvalue weighted by atomic mass is 15.2. The average Bonchev–Trinajstić information content (AvgIpc) is 2.53. The van der Waals surface area contributed by atoms with E-state index in [0.29, 0.717) is 5.41 Å². The Morgan fingerprint density at radius 3 is 2.73 bits per heavy atom. The van der Waals surface area contributed by atoms with E-state index in [2.05, 4.69) is 30.1 Å². The van der Waals surface area contributed by atoms with Crippen LogP contribution in [0, 0.1) is 16.7 Å². The second kappa shape index (κ2) is 5.48. The van der Waals surface area contributed by atoms with Crippen LogP contribution >= 0.6 is 0 Å². The van der Waals surface area contributed by atoms with Crippen molar-refractivity contribution in [2.75, 3.05) is 26.2 Å². The third kappa shape index (κ3) is 4.19. The van der Waals surface area contributed by atoms with Crippen LogP contribution in [-0.4, -0.2) is 37.1 Å². The molecule has 3 heteroatoms. The molecule has 0 spiro atoms. The van der Waals surface area contributed by atoms with Gasteiger partial charge in [-0.1, -0.05) is 20.8 Å². The third-order valence-corrected chi connectivity index (χ3v) is 3.10. The first-order valence-corrected chi connectivity index (χ1v) is 5.93. The summed E-state index contributed by atoms with van der Waals surface area (Å²) in [5.41, 5.74) is 0.473. The number of nitrogens with one attached hydrogen (secondary N) is 1.